The SMILES string of the molecule is CC(NC(=O)C(O)c1ccc(F)cc1)c1ccccc1. The standard InChI is InChI=1S/C16H16FNO2/c1-11(12-5-3-2-4-6-12)18-16(20)15(19)13-7-9-14(17)10-8-13/h2-11,15,19H,1H3,(H,18,20). The third-order valence-corrected chi connectivity index (χ3v) is 3.09. The summed E-state index contributed by atoms with van der Waals surface area (Å²) in [7, 11) is 0. The van der Waals surface area contributed by atoms with Crippen LogP contribution < -0.4 is 5.32 Å². The van der Waals surface area contributed by atoms with Crippen molar-refractivity contribution in [2.75, 3.05) is 0 Å². The topological polar surface area (TPSA) is 49.3 Å². The molecule has 0 bridgehead atoms. The van der Waals surface area contributed by atoms with E-state index in [1.54, 1.807) is 0 Å². The maximum atomic E-state index is 12.8. The molecular formula is C16H16FNO2. The van der Waals surface area contributed by atoms with Gasteiger partial charge in [0, 0.05) is 0 Å². The van der Waals surface area contributed by atoms with Crippen molar-refractivity contribution < 1.29 is 14.3 Å². The van der Waals surface area contributed by atoms with Crippen LogP contribution in [0.3, 0.4) is 0 Å². The first-order valence-corrected chi connectivity index (χ1v) is 6.37. The van der Waals surface area contributed by atoms with Gasteiger partial charge in [-0.25, -0.2) is 4.39 Å². The Kier molecular flexibility index (Phi) is 4.48. The normalized spacial score (nSPS) is 13.6. The number of nitrogens with one attached hydrogen (secondary N) is 1. The van der Waals surface area contributed by atoms with Gasteiger partial charge < -0.3 is 10.4 Å². The van der Waals surface area contributed by atoms with Crippen LogP contribution in [-0.2, 0) is 4.79 Å². The van der Waals surface area contributed by atoms with Gasteiger partial charge >= 0.3 is 0 Å². The third kappa shape index (κ3) is 3.42. The molecule has 2 aromatic rings. The van der Waals surface area contributed by atoms with Crippen LogP contribution in [0.25, 0.3) is 0 Å². The average molecular weight is 273 g/mol. The predicted molar refractivity (Wildman–Crippen MR) is 74.4 cm³/mol. The van der Waals surface area contributed by atoms with E-state index >= 15 is 0 Å². The molecule has 0 fully saturated rings. The van der Waals surface area contributed by atoms with Gasteiger partial charge in [0.15, 0.2) is 6.10 Å². The minimum Gasteiger partial charge on any atom is -0.378 e. The van der Waals surface area contributed by atoms with E-state index < -0.39 is 17.8 Å². The Bertz CT molecular complexity index is 569. The Morgan fingerprint density at radius 3 is 2.25 bits per heavy atom. The Hall–Kier alpha value is -2.20. The molecule has 104 valence electrons. The summed E-state index contributed by atoms with van der Waals surface area (Å²) in [5.41, 5.74) is 1.32. The van der Waals surface area contributed by atoms with Crippen molar-refractivity contribution in [3.05, 3.63) is 71.5 Å². The van der Waals surface area contributed by atoms with Gasteiger partial charge in [-0.3, -0.25) is 4.79 Å². The lowest BCUT2D eigenvalue weighted by Gasteiger charge is -2.17. The van der Waals surface area contributed by atoms with Crippen molar-refractivity contribution >= 4 is 5.91 Å². The molecular weight excluding hydrogens is 257 g/mol. The molecule has 0 aliphatic carbocycles. The van der Waals surface area contributed by atoms with Crippen LogP contribution in [0.5, 0.6) is 0 Å². The molecule has 20 heavy (non-hydrogen) atoms. The fourth-order valence-corrected chi connectivity index (χ4v) is 1.91. The Balaban J connectivity index is 2.02. The summed E-state index contributed by atoms with van der Waals surface area (Å²) in [5, 5.41) is 12.7. The molecule has 2 unspecified atom stereocenters. The molecule has 0 saturated carbocycles. The summed E-state index contributed by atoms with van der Waals surface area (Å²) in [6.07, 6.45) is -1.30. The maximum Gasteiger partial charge on any atom is 0.253 e. The van der Waals surface area contributed by atoms with Crippen molar-refractivity contribution in [2.45, 2.75) is 19.1 Å². The first-order valence-electron chi connectivity index (χ1n) is 6.37. The van der Waals surface area contributed by atoms with Crippen LogP contribution in [0.4, 0.5) is 4.39 Å². The molecule has 1 amide bonds. The molecule has 2 rings (SSSR count). The zero-order chi connectivity index (χ0) is 14.5. The van der Waals surface area contributed by atoms with Crippen molar-refractivity contribution in [3.63, 3.8) is 0 Å². The van der Waals surface area contributed by atoms with Crippen LogP contribution in [0, 0.1) is 5.82 Å². The van der Waals surface area contributed by atoms with Gasteiger partial charge in [0.05, 0.1) is 6.04 Å². The van der Waals surface area contributed by atoms with Crippen LogP contribution >= 0.6 is 0 Å². The zero-order valence-corrected chi connectivity index (χ0v) is 11.1. The van der Waals surface area contributed by atoms with Crippen molar-refractivity contribution in [1.82, 2.24) is 5.32 Å². The number of benzene rings is 2. The molecule has 0 aromatic heterocycles. The highest BCUT2D eigenvalue weighted by Crippen LogP contribution is 2.17. The van der Waals surface area contributed by atoms with Crippen molar-refractivity contribution in [3.8, 4) is 0 Å². The summed E-state index contributed by atoms with van der Waals surface area (Å²) in [4.78, 5) is 12.0. The number of carbonyl (C=O) groups is 1. The summed E-state index contributed by atoms with van der Waals surface area (Å²) in [6, 6.07) is 14.5. The van der Waals surface area contributed by atoms with Gasteiger partial charge in [0.25, 0.3) is 5.91 Å². The highest BCUT2D eigenvalue weighted by atomic mass is 19.1. The average Bonchev–Trinajstić information content (AvgIpc) is 2.48. The van der Waals surface area contributed by atoms with Crippen LogP contribution in [0.15, 0.2) is 54.6 Å². The quantitative estimate of drug-likeness (QED) is 0.900. The minimum atomic E-state index is -1.30. The van der Waals surface area contributed by atoms with Crippen LogP contribution in [0.1, 0.15) is 30.2 Å². The molecule has 2 aromatic carbocycles. The van der Waals surface area contributed by atoms with E-state index in [4.69, 9.17) is 0 Å². The van der Waals surface area contributed by atoms with E-state index in [9.17, 15) is 14.3 Å². The molecule has 0 heterocycles. The number of amides is 1. The lowest BCUT2D eigenvalue weighted by molar-refractivity contribution is -0.130. The van der Waals surface area contributed by atoms with E-state index in [2.05, 4.69) is 5.32 Å². The molecule has 0 radical (unpaired) electrons. The number of rotatable bonds is 4. The minimum absolute atomic E-state index is 0.209. The predicted octanol–water partition coefficient (Wildman–Crippen LogP) is 2.74. The first-order chi connectivity index (χ1) is 9.58. The maximum absolute atomic E-state index is 12.8. The van der Waals surface area contributed by atoms with Gasteiger partial charge in [0.1, 0.15) is 5.82 Å². The molecule has 0 aliphatic heterocycles. The van der Waals surface area contributed by atoms with Gasteiger partial charge in [-0.2, -0.15) is 0 Å². The lowest BCUT2D eigenvalue weighted by Crippen LogP contribution is -2.31. The van der Waals surface area contributed by atoms with Gasteiger partial charge in [-0.05, 0) is 30.2 Å². The fourth-order valence-electron chi connectivity index (χ4n) is 1.91. The largest absolute Gasteiger partial charge is 0.378 e. The highest BCUT2D eigenvalue weighted by molar-refractivity contribution is 5.82. The zero-order valence-electron chi connectivity index (χ0n) is 11.1. The number of aliphatic hydroxyl groups is 1. The first kappa shape index (κ1) is 14.2. The number of carbonyl (C=O) groups excluding carboxylic acids is 1. The van der Waals surface area contributed by atoms with Crippen molar-refractivity contribution in [2.24, 2.45) is 0 Å². The summed E-state index contributed by atoms with van der Waals surface area (Å²) in [5.74, 6) is -0.910. The Morgan fingerprint density at radius 1 is 1.05 bits per heavy atom. The van der Waals surface area contributed by atoms with Crippen LogP contribution in [-0.4, -0.2) is 11.0 Å². The molecule has 0 aliphatic rings. The van der Waals surface area contributed by atoms with E-state index in [1.807, 2.05) is 37.3 Å². The highest BCUT2D eigenvalue weighted by Gasteiger charge is 2.19. The van der Waals surface area contributed by atoms with Gasteiger partial charge in [0.2, 0.25) is 0 Å². The molecule has 2 atom stereocenters. The summed E-state index contributed by atoms with van der Waals surface area (Å²) >= 11 is 0. The van der Waals surface area contributed by atoms with E-state index in [0.717, 1.165) is 5.56 Å². The molecule has 0 saturated heterocycles. The van der Waals surface area contributed by atoms with Gasteiger partial charge in [-0.1, -0.05) is 42.5 Å². The lowest BCUT2D eigenvalue weighted by atomic mass is 10.1. The molecule has 4 heteroatoms. The second-order valence-electron chi connectivity index (χ2n) is 4.60. The number of hydrogen-bond donors (Lipinski definition) is 2. The van der Waals surface area contributed by atoms with Crippen LogP contribution in [0.2, 0.25) is 0 Å². The van der Waals surface area contributed by atoms with E-state index in [-0.39, 0.29) is 6.04 Å². The van der Waals surface area contributed by atoms with E-state index in [0.29, 0.717) is 5.56 Å². The molecule has 3 nitrogen and oxygen atoms in total. The number of hydrogen-bond acceptors (Lipinski definition) is 2. The Labute approximate surface area is 117 Å². The fraction of sp³-hybridized carbons (Fsp3) is 0.188. The molecule has 0 spiro atoms. The Morgan fingerprint density at radius 2 is 1.65 bits per heavy atom. The molecule has 2 N–H and O–H groups in total. The van der Waals surface area contributed by atoms with Crippen molar-refractivity contribution in [1.29, 1.82) is 0 Å². The smallest absolute Gasteiger partial charge is 0.253 e. The second-order valence-corrected chi connectivity index (χ2v) is 4.60. The summed E-state index contributed by atoms with van der Waals surface area (Å²) < 4.78 is 12.8. The number of halogens is 1. The third-order valence-electron chi connectivity index (χ3n) is 3.09. The number of aliphatic hydroxyl groups excluding tert-OH is 1. The summed E-state index contributed by atoms with van der Waals surface area (Å²) in [6.45, 7) is 1.84. The van der Waals surface area contributed by atoms with Gasteiger partial charge in [-0.15, -0.1) is 0 Å². The monoisotopic (exact) mass is 273 g/mol. The van der Waals surface area contributed by atoms with E-state index in [1.165, 1.54) is 24.3 Å². The second kappa shape index (κ2) is 6.30.